The zero-order valence-electron chi connectivity index (χ0n) is 12.0. The largest absolute Gasteiger partial charge is 0.440 e. The molecule has 0 saturated heterocycles. The molecular formula is C16H14ClFN4O. The molecule has 1 heterocycles. The van der Waals surface area contributed by atoms with E-state index in [4.69, 9.17) is 27.5 Å². The summed E-state index contributed by atoms with van der Waals surface area (Å²) in [6, 6.07) is 11.2. The average molecular weight is 333 g/mol. The molecule has 1 unspecified atom stereocenters. The highest BCUT2D eigenvalue weighted by Crippen LogP contribution is 2.28. The first-order valence-electron chi connectivity index (χ1n) is 6.91. The maximum atomic E-state index is 14.2. The lowest BCUT2D eigenvalue weighted by Crippen LogP contribution is -2.31. The van der Waals surface area contributed by atoms with Crippen molar-refractivity contribution in [3.05, 3.63) is 64.4 Å². The van der Waals surface area contributed by atoms with Crippen LogP contribution in [0.2, 0.25) is 5.02 Å². The molecule has 2 aromatic carbocycles. The molecule has 0 aliphatic carbocycles. The first-order chi connectivity index (χ1) is 11.0. The molecule has 4 N–H and O–H groups in total. The van der Waals surface area contributed by atoms with Gasteiger partial charge < -0.3 is 15.8 Å². The van der Waals surface area contributed by atoms with E-state index in [0.717, 1.165) is 0 Å². The van der Waals surface area contributed by atoms with Crippen molar-refractivity contribution >= 4 is 29.0 Å². The number of halogens is 2. The minimum Gasteiger partial charge on any atom is -0.440 e. The van der Waals surface area contributed by atoms with Gasteiger partial charge in [0.2, 0.25) is 0 Å². The van der Waals surface area contributed by atoms with Crippen LogP contribution in [0.25, 0.3) is 0 Å². The summed E-state index contributed by atoms with van der Waals surface area (Å²) in [4.78, 5) is 4.45. The molecular weight excluding hydrogens is 319 g/mol. The Bertz CT molecular complexity index is 793. The number of hydrogen-bond acceptors (Lipinski definition) is 4. The Morgan fingerprint density at radius 3 is 2.83 bits per heavy atom. The predicted octanol–water partition coefficient (Wildman–Crippen LogP) is 2.98. The van der Waals surface area contributed by atoms with Gasteiger partial charge in [-0.25, -0.2) is 4.39 Å². The second-order valence-corrected chi connectivity index (χ2v) is 5.41. The maximum absolute atomic E-state index is 14.2. The minimum absolute atomic E-state index is 0.176. The average Bonchev–Trinajstić information content (AvgIpc) is 2.66. The summed E-state index contributed by atoms with van der Waals surface area (Å²) >= 11 is 6.08. The van der Waals surface area contributed by atoms with Gasteiger partial charge >= 0.3 is 0 Å². The van der Waals surface area contributed by atoms with Gasteiger partial charge in [0.25, 0.3) is 6.02 Å². The molecule has 0 amide bonds. The molecule has 118 valence electrons. The fourth-order valence-corrected chi connectivity index (χ4v) is 2.59. The van der Waals surface area contributed by atoms with Crippen molar-refractivity contribution in [3.63, 3.8) is 0 Å². The number of benzodiazepines with no additional fused rings is 1. The Morgan fingerprint density at radius 2 is 2.09 bits per heavy atom. The molecule has 0 bridgehead atoms. The van der Waals surface area contributed by atoms with Gasteiger partial charge in [0.15, 0.2) is 6.23 Å². The van der Waals surface area contributed by atoms with E-state index >= 15 is 0 Å². The zero-order valence-corrected chi connectivity index (χ0v) is 12.8. The monoisotopic (exact) mass is 332 g/mol. The second kappa shape index (κ2) is 6.26. The molecule has 0 radical (unpaired) electrons. The molecule has 1 aliphatic heterocycles. The van der Waals surface area contributed by atoms with Gasteiger partial charge in [-0.1, -0.05) is 23.7 Å². The van der Waals surface area contributed by atoms with E-state index in [1.54, 1.807) is 36.4 Å². The Balaban J connectivity index is 2.11. The highest BCUT2D eigenvalue weighted by Gasteiger charge is 2.22. The molecule has 5 nitrogen and oxygen atoms in total. The van der Waals surface area contributed by atoms with Crippen molar-refractivity contribution in [2.45, 2.75) is 6.23 Å². The number of nitrogens with zero attached hydrogens (tertiary/aromatic N) is 1. The minimum atomic E-state index is -0.614. The van der Waals surface area contributed by atoms with E-state index in [-0.39, 0.29) is 12.4 Å². The first kappa shape index (κ1) is 15.3. The summed E-state index contributed by atoms with van der Waals surface area (Å²) in [5, 5.41) is 10.9. The van der Waals surface area contributed by atoms with Gasteiger partial charge in [0, 0.05) is 21.8 Å². The summed E-state index contributed by atoms with van der Waals surface area (Å²) in [5.74, 6) is -0.372. The van der Waals surface area contributed by atoms with Crippen molar-refractivity contribution in [1.29, 1.82) is 5.41 Å². The number of nitrogens with one attached hydrogen (secondary N) is 2. The number of amidine groups is 1. The van der Waals surface area contributed by atoms with Crippen molar-refractivity contribution in [2.24, 2.45) is 10.7 Å². The van der Waals surface area contributed by atoms with Gasteiger partial charge in [-0.05, 0) is 30.3 Å². The van der Waals surface area contributed by atoms with Crippen molar-refractivity contribution in [3.8, 4) is 0 Å². The Morgan fingerprint density at radius 1 is 1.30 bits per heavy atom. The fourth-order valence-electron chi connectivity index (χ4n) is 2.42. The number of anilines is 1. The molecule has 2 aromatic rings. The van der Waals surface area contributed by atoms with Gasteiger partial charge in [-0.15, -0.1) is 0 Å². The lowest BCUT2D eigenvalue weighted by Gasteiger charge is -2.17. The predicted molar refractivity (Wildman–Crippen MR) is 88.8 cm³/mol. The molecule has 1 atom stereocenters. The number of benzene rings is 2. The summed E-state index contributed by atoms with van der Waals surface area (Å²) in [7, 11) is 0. The Hall–Kier alpha value is -2.60. The highest BCUT2D eigenvalue weighted by atomic mass is 35.5. The van der Waals surface area contributed by atoms with E-state index in [1.165, 1.54) is 6.07 Å². The van der Waals surface area contributed by atoms with E-state index in [2.05, 4.69) is 10.3 Å². The molecule has 0 saturated carbocycles. The number of aliphatic imine (C=N–C) groups is 1. The van der Waals surface area contributed by atoms with E-state index in [0.29, 0.717) is 27.5 Å². The normalized spacial score (nSPS) is 16.6. The quantitative estimate of drug-likeness (QED) is 0.584. The SMILES string of the molecule is N=C(N)OC1CN=C(c2ccccc2F)c2cc(Cl)ccc2N1. The van der Waals surface area contributed by atoms with Gasteiger partial charge in [-0.2, -0.15) is 0 Å². The zero-order chi connectivity index (χ0) is 16.4. The van der Waals surface area contributed by atoms with Crippen molar-refractivity contribution in [1.82, 2.24) is 0 Å². The molecule has 23 heavy (non-hydrogen) atoms. The molecule has 0 spiro atoms. The number of ether oxygens (including phenoxy) is 1. The maximum Gasteiger partial charge on any atom is 0.281 e. The van der Waals surface area contributed by atoms with Crippen LogP contribution in [0.3, 0.4) is 0 Å². The first-order valence-corrected chi connectivity index (χ1v) is 7.29. The van der Waals surface area contributed by atoms with Crippen molar-refractivity contribution < 1.29 is 9.13 Å². The molecule has 1 aliphatic rings. The third kappa shape index (κ3) is 3.27. The molecule has 3 rings (SSSR count). The van der Waals surface area contributed by atoms with E-state index in [1.807, 2.05) is 0 Å². The topological polar surface area (TPSA) is 83.5 Å². The number of nitrogens with two attached hydrogens (primary N) is 1. The summed E-state index contributed by atoms with van der Waals surface area (Å²) in [6.45, 7) is 0.176. The van der Waals surface area contributed by atoms with Gasteiger partial charge in [0.05, 0.1) is 12.3 Å². The van der Waals surface area contributed by atoms with Crippen LogP contribution in [-0.2, 0) is 4.74 Å². The van der Waals surface area contributed by atoms with E-state index in [9.17, 15) is 4.39 Å². The summed E-state index contributed by atoms with van der Waals surface area (Å²) in [6.07, 6.45) is -0.614. The van der Waals surface area contributed by atoms with Crippen LogP contribution < -0.4 is 11.1 Å². The summed E-state index contributed by atoms with van der Waals surface area (Å²) in [5.41, 5.74) is 7.48. The van der Waals surface area contributed by atoms with Crippen molar-refractivity contribution in [2.75, 3.05) is 11.9 Å². The van der Waals surface area contributed by atoms with Crippen LogP contribution in [0.1, 0.15) is 11.1 Å². The van der Waals surface area contributed by atoms with Gasteiger partial charge in [-0.3, -0.25) is 10.4 Å². The summed E-state index contributed by atoms with van der Waals surface area (Å²) < 4.78 is 19.4. The lowest BCUT2D eigenvalue weighted by molar-refractivity contribution is 0.219. The standard InChI is InChI=1S/C16H14ClFN4O/c17-9-5-6-13-11(7-9)15(10-3-1-2-4-12(10)18)21-8-14(22-13)23-16(19)20/h1-7,14,22H,8H2,(H3,19,20). The third-order valence-corrected chi connectivity index (χ3v) is 3.60. The van der Waals surface area contributed by atoms with Crippen LogP contribution in [-0.4, -0.2) is 24.5 Å². The Kier molecular flexibility index (Phi) is 4.16. The van der Waals surface area contributed by atoms with Crippen LogP contribution in [0.5, 0.6) is 0 Å². The highest BCUT2D eigenvalue weighted by molar-refractivity contribution is 6.31. The van der Waals surface area contributed by atoms with Crippen LogP contribution in [0, 0.1) is 11.2 Å². The third-order valence-electron chi connectivity index (χ3n) is 3.37. The fraction of sp³-hybridized carbons (Fsp3) is 0.125. The van der Waals surface area contributed by atoms with Crippen LogP contribution >= 0.6 is 11.6 Å². The van der Waals surface area contributed by atoms with E-state index < -0.39 is 12.2 Å². The molecule has 7 heteroatoms. The smallest absolute Gasteiger partial charge is 0.281 e. The lowest BCUT2D eigenvalue weighted by atomic mass is 10.00. The number of fused-ring (bicyclic) bond motifs is 1. The second-order valence-electron chi connectivity index (χ2n) is 4.97. The van der Waals surface area contributed by atoms with Crippen LogP contribution in [0.15, 0.2) is 47.5 Å². The van der Waals surface area contributed by atoms with Gasteiger partial charge in [0.1, 0.15) is 5.82 Å². The molecule has 0 aromatic heterocycles. The van der Waals surface area contributed by atoms with Crippen LogP contribution in [0.4, 0.5) is 10.1 Å². The number of hydrogen-bond donors (Lipinski definition) is 3. The molecule has 0 fully saturated rings. The Labute approximate surface area is 137 Å². The number of rotatable bonds is 2.